The van der Waals surface area contributed by atoms with Crippen molar-refractivity contribution in [3.05, 3.63) is 133 Å². The van der Waals surface area contributed by atoms with Crippen molar-refractivity contribution in [1.82, 2.24) is 0 Å². The zero-order valence-electron chi connectivity index (χ0n) is 19.3. The molecule has 0 N–H and O–H groups in total. The Morgan fingerprint density at radius 1 is 0.500 bits per heavy atom. The molecule has 0 aromatic heterocycles. The molecule has 3 unspecified atom stereocenters. The van der Waals surface area contributed by atoms with Crippen LogP contribution in [-0.2, 0) is 0 Å². The molecule has 0 saturated heterocycles. The highest BCUT2D eigenvalue weighted by atomic mass is 31.1. The van der Waals surface area contributed by atoms with Crippen LogP contribution in [0.25, 0.3) is 0 Å². The van der Waals surface area contributed by atoms with Crippen molar-refractivity contribution in [2.45, 2.75) is 12.1 Å². The Bertz CT molecular complexity index is 1140. The van der Waals surface area contributed by atoms with Gasteiger partial charge in [0.1, 0.15) is 0 Å². The quantitative estimate of drug-likeness (QED) is 0.213. The zero-order valence-corrected chi connectivity index (χ0v) is 21.1. The number of allylic oxidation sites excluding steroid dienone is 2. The summed E-state index contributed by atoms with van der Waals surface area (Å²) in [6.07, 6.45) is 7.72. The van der Waals surface area contributed by atoms with Crippen LogP contribution >= 0.6 is 15.8 Å². The van der Waals surface area contributed by atoms with E-state index in [-0.39, 0.29) is 7.92 Å². The van der Waals surface area contributed by atoms with Gasteiger partial charge in [-0.25, -0.2) is 0 Å². The molecule has 6 rings (SSSR count). The lowest BCUT2D eigenvalue weighted by Crippen LogP contribution is -2.34. The first-order valence-corrected chi connectivity index (χ1v) is 15.3. The fourth-order valence-electron chi connectivity index (χ4n) is 5.98. The van der Waals surface area contributed by atoms with Gasteiger partial charge in [-0.05, 0) is 73.1 Å². The first-order chi connectivity index (χ1) is 16.9. The summed E-state index contributed by atoms with van der Waals surface area (Å²) in [5, 5.41) is 6.09. The van der Waals surface area contributed by atoms with Crippen molar-refractivity contribution in [3.8, 4) is 0 Å². The SMILES string of the molecule is C1=CC2CC1C(CP(c1ccccc1)c1ccccc1)[C@H]2P(c1ccccc1)c1ccccc1. The van der Waals surface area contributed by atoms with Crippen LogP contribution in [0, 0.1) is 17.8 Å². The number of rotatable bonds is 7. The minimum absolute atomic E-state index is 0.386. The largest absolute Gasteiger partial charge is 0.0848 e. The highest BCUT2D eigenvalue weighted by molar-refractivity contribution is 7.74. The van der Waals surface area contributed by atoms with E-state index in [4.69, 9.17) is 0 Å². The van der Waals surface area contributed by atoms with Crippen LogP contribution in [0.2, 0.25) is 0 Å². The van der Waals surface area contributed by atoms with Gasteiger partial charge in [0, 0.05) is 0 Å². The molecule has 2 heteroatoms. The molecule has 0 heterocycles. The maximum Gasteiger partial charge on any atom is -0.00282 e. The van der Waals surface area contributed by atoms with Gasteiger partial charge in [-0.2, -0.15) is 0 Å². The third-order valence-electron chi connectivity index (χ3n) is 7.47. The van der Waals surface area contributed by atoms with Gasteiger partial charge in [0.05, 0.1) is 0 Å². The Hall–Kier alpha value is -2.52. The number of fused-ring (bicyclic) bond motifs is 2. The Kier molecular flexibility index (Phi) is 6.46. The van der Waals surface area contributed by atoms with Crippen molar-refractivity contribution in [1.29, 1.82) is 0 Å². The lowest BCUT2D eigenvalue weighted by molar-refractivity contribution is 0.508. The summed E-state index contributed by atoms with van der Waals surface area (Å²) >= 11 is 0. The molecule has 1 fully saturated rings. The molecule has 0 nitrogen and oxygen atoms in total. The maximum atomic E-state index is 2.56. The lowest BCUT2D eigenvalue weighted by atomic mass is 9.95. The molecule has 2 bridgehead atoms. The molecule has 0 radical (unpaired) electrons. The summed E-state index contributed by atoms with van der Waals surface area (Å²) in [7, 11) is -0.802. The van der Waals surface area contributed by atoms with Gasteiger partial charge in [0.2, 0.25) is 0 Å². The van der Waals surface area contributed by atoms with Crippen molar-refractivity contribution in [3.63, 3.8) is 0 Å². The van der Waals surface area contributed by atoms with Crippen molar-refractivity contribution in [2.24, 2.45) is 17.8 Å². The molecule has 168 valence electrons. The van der Waals surface area contributed by atoms with Gasteiger partial charge in [0.15, 0.2) is 0 Å². The maximum absolute atomic E-state index is 2.56. The highest BCUT2D eigenvalue weighted by Crippen LogP contribution is 2.60. The van der Waals surface area contributed by atoms with Crippen LogP contribution in [-0.4, -0.2) is 11.8 Å². The average molecular weight is 477 g/mol. The molecule has 2 aliphatic carbocycles. The summed E-state index contributed by atoms with van der Waals surface area (Å²) in [6, 6.07) is 45.3. The Balaban J connectivity index is 1.42. The smallest absolute Gasteiger partial charge is 0.00282 e. The first kappa shape index (κ1) is 22.0. The van der Waals surface area contributed by atoms with Gasteiger partial charge in [0.25, 0.3) is 0 Å². The summed E-state index contributed by atoms with van der Waals surface area (Å²) in [6.45, 7) is 0. The zero-order chi connectivity index (χ0) is 22.7. The molecule has 4 aromatic carbocycles. The second-order valence-electron chi connectivity index (χ2n) is 9.43. The molecular weight excluding hydrogens is 446 g/mol. The predicted molar refractivity (Wildman–Crippen MR) is 151 cm³/mol. The molecule has 2 aliphatic rings. The van der Waals surface area contributed by atoms with Crippen LogP contribution in [0.15, 0.2) is 133 Å². The van der Waals surface area contributed by atoms with E-state index in [0.29, 0.717) is 23.4 Å². The summed E-state index contributed by atoms with van der Waals surface area (Å²) in [5.74, 6) is 2.13. The van der Waals surface area contributed by atoms with Crippen LogP contribution in [0.1, 0.15) is 6.42 Å². The van der Waals surface area contributed by atoms with E-state index in [2.05, 4.69) is 133 Å². The molecule has 34 heavy (non-hydrogen) atoms. The third kappa shape index (κ3) is 4.31. The van der Waals surface area contributed by atoms with Gasteiger partial charge >= 0.3 is 0 Å². The molecule has 4 aromatic rings. The van der Waals surface area contributed by atoms with Crippen LogP contribution in [0.3, 0.4) is 0 Å². The molecule has 0 amide bonds. The predicted octanol–water partition coefficient (Wildman–Crippen LogP) is 6.44. The number of hydrogen-bond donors (Lipinski definition) is 0. The van der Waals surface area contributed by atoms with Crippen LogP contribution < -0.4 is 21.2 Å². The van der Waals surface area contributed by atoms with E-state index in [1.54, 1.807) is 0 Å². The van der Waals surface area contributed by atoms with Crippen molar-refractivity contribution >= 4 is 37.1 Å². The second kappa shape index (κ2) is 10.00. The molecule has 0 spiro atoms. The van der Waals surface area contributed by atoms with Crippen LogP contribution in [0.4, 0.5) is 0 Å². The first-order valence-electron chi connectivity index (χ1n) is 12.3. The van der Waals surface area contributed by atoms with Crippen LogP contribution in [0.5, 0.6) is 0 Å². The fraction of sp³-hybridized carbons (Fsp3) is 0.188. The number of hydrogen-bond acceptors (Lipinski definition) is 0. The minimum Gasteiger partial charge on any atom is -0.0848 e. The van der Waals surface area contributed by atoms with E-state index in [1.165, 1.54) is 33.8 Å². The lowest BCUT2D eigenvalue weighted by Gasteiger charge is -2.37. The summed E-state index contributed by atoms with van der Waals surface area (Å²) < 4.78 is 0. The number of benzene rings is 4. The van der Waals surface area contributed by atoms with E-state index in [0.717, 1.165) is 0 Å². The highest BCUT2D eigenvalue weighted by Gasteiger charge is 2.49. The molecular formula is C32H30P2. The van der Waals surface area contributed by atoms with Crippen molar-refractivity contribution < 1.29 is 0 Å². The average Bonchev–Trinajstić information content (AvgIpc) is 3.52. The van der Waals surface area contributed by atoms with Gasteiger partial charge in [-0.1, -0.05) is 133 Å². The summed E-state index contributed by atoms with van der Waals surface area (Å²) in [4.78, 5) is 0. The van der Waals surface area contributed by atoms with E-state index >= 15 is 0 Å². The van der Waals surface area contributed by atoms with Gasteiger partial charge < -0.3 is 0 Å². The monoisotopic (exact) mass is 476 g/mol. The van der Waals surface area contributed by atoms with E-state index in [1.807, 2.05) is 0 Å². The second-order valence-corrected chi connectivity index (χ2v) is 14.0. The van der Waals surface area contributed by atoms with Gasteiger partial charge in [-0.15, -0.1) is 0 Å². The fourth-order valence-corrected chi connectivity index (χ4v) is 12.1. The topological polar surface area (TPSA) is 0 Å². The van der Waals surface area contributed by atoms with Crippen molar-refractivity contribution in [2.75, 3.05) is 6.16 Å². The Morgan fingerprint density at radius 3 is 1.38 bits per heavy atom. The Labute approximate surface area is 206 Å². The minimum atomic E-state index is -0.415. The molecule has 0 aliphatic heterocycles. The normalized spacial score (nSPS) is 23.1. The Morgan fingerprint density at radius 2 is 0.912 bits per heavy atom. The standard InChI is InChI=1S/C32H30P2/c1-5-13-27(14-6-1)33(28-15-7-2-8-16-28)24-31-25-21-22-26(23-25)32(31)34(29-17-9-3-10-18-29)30-19-11-4-12-20-30/h1-22,25-26,31-32H,23-24H2/t25?,26?,31?,32-/m0/s1. The summed E-state index contributed by atoms with van der Waals surface area (Å²) in [5.41, 5.74) is 0.701. The third-order valence-corrected chi connectivity index (χ3v) is 13.2. The molecule has 4 atom stereocenters. The molecule has 1 saturated carbocycles. The van der Waals surface area contributed by atoms with E-state index in [9.17, 15) is 0 Å². The van der Waals surface area contributed by atoms with E-state index < -0.39 is 7.92 Å². The van der Waals surface area contributed by atoms with Gasteiger partial charge in [-0.3, -0.25) is 0 Å².